The molecule has 6 atom stereocenters. The molecule has 0 aromatic heterocycles. The number of rotatable bonds is 47. The zero-order valence-electron chi connectivity index (χ0n) is 44.7. The summed E-state index contributed by atoms with van der Waals surface area (Å²) in [5.41, 5.74) is 0. The molecule has 408 valence electrons. The number of ether oxygens (including phenoxy) is 5. The van der Waals surface area contributed by atoms with Gasteiger partial charge in [-0.3, -0.25) is 14.4 Å². The van der Waals surface area contributed by atoms with Crippen molar-refractivity contribution in [3.05, 3.63) is 60.8 Å². The molecule has 1 fully saturated rings. The van der Waals surface area contributed by atoms with Crippen molar-refractivity contribution in [2.75, 3.05) is 13.2 Å². The van der Waals surface area contributed by atoms with Crippen LogP contribution in [-0.4, -0.2) is 89.2 Å². The van der Waals surface area contributed by atoms with Gasteiger partial charge < -0.3 is 39.0 Å². The molecular formula is C59H100O12. The number of hydrogen-bond acceptors (Lipinski definition) is 11. The zero-order valence-corrected chi connectivity index (χ0v) is 44.7. The number of aliphatic hydroxyl groups excluding tert-OH is 2. The van der Waals surface area contributed by atoms with Gasteiger partial charge >= 0.3 is 23.9 Å². The third kappa shape index (κ3) is 37.8. The average Bonchev–Trinajstić information content (AvgIpc) is 3.35. The second-order valence-corrected chi connectivity index (χ2v) is 19.2. The minimum Gasteiger partial charge on any atom is -0.479 e. The number of aliphatic hydroxyl groups is 2. The molecule has 0 aromatic carbocycles. The summed E-state index contributed by atoms with van der Waals surface area (Å²) in [5.74, 6) is -3.17. The highest BCUT2D eigenvalue weighted by Crippen LogP contribution is 2.26. The fraction of sp³-hybridized carbons (Fsp3) is 0.763. The highest BCUT2D eigenvalue weighted by Gasteiger charge is 2.50. The minimum absolute atomic E-state index is 0.0235. The molecule has 0 saturated carbocycles. The number of carboxylic acids is 1. The van der Waals surface area contributed by atoms with Crippen LogP contribution >= 0.6 is 0 Å². The summed E-state index contributed by atoms with van der Waals surface area (Å²) >= 11 is 0. The maximum absolute atomic E-state index is 13.1. The van der Waals surface area contributed by atoms with Crippen LogP contribution < -0.4 is 0 Å². The van der Waals surface area contributed by atoms with Crippen molar-refractivity contribution >= 4 is 23.9 Å². The normalized spacial score (nSPS) is 18.9. The summed E-state index contributed by atoms with van der Waals surface area (Å²) in [7, 11) is 0. The highest BCUT2D eigenvalue weighted by atomic mass is 16.7. The molecule has 0 amide bonds. The number of carbonyl (C=O) groups excluding carboxylic acids is 3. The molecule has 71 heavy (non-hydrogen) atoms. The fourth-order valence-electron chi connectivity index (χ4n) is 8.18. The lowest BCUT2D eigenvalue weighted by molar-refractivity contribution is -0.301. The molecule has 0 aliphatic carbocycles. The van der Waals surface area contributed by atoms with Gasteiger partial charge in [-0.1, -0.05) is 184 Å². The average molecular weight is 1000 g/mol. The molecular weight excluding hydrogens is 901 g/mol. The molecule has 6 unspecified atom stereocenters. The highest BCUT2D eigenvalue weighted by molar-refractivity contribution is 5.74. The number of hydrogen-bond donors (Lipinski definition) is 3. The van der Waals surface area contributed by atoms with Gasteiger partial charge in [-0.2, -0.15) is 0 Å². The third-order valence-corrected chi connectivity index (χ3v) is 12.5. The number of aliphatic carboxylic acids is 1. The maximum Gasteiger partial charge on any atom is 0.335 e. The molecule has 1 rings (SSSR count). The first-order chi connectivity index (χ1) is 34.6. The van der Waals surface area contributed by atoms with Crippen molar-refractivity contribution in [1.82, 2.24) is 0 Å². The van der Waals surface area contributed by atoms with E-state index in [0.717, 1.165) is 103 Å². The Labute approximate surface area is 430 Å². The van der Waals surface area contributed by atoms with Crippen LogP contribution in [0.2, 0.25) is 0 Å². The smallest absolute Gasteiger partial charge is 0.335 e. The van der Waals surface area contributed by atoms with Crippen LogP contribution in [0.25, 0.3) is 0 Å². The van der Waals surface area contributed by atoms with E-state index in [0.29, 0.717) is 19.3 Å². The van der Waals surface area contributed by atoms with E-state index in [1.165, 1.54) is 77.0 Å². The summed E-state index contributed by atoms with van der Waals surface area (Å²) in [4.78, 5) is 50.9. The Hall–Kier alpha value is -3.58. The lowest BCUT2D eigenvalue weighted by Crippen LogP contribution is -2.61. The summed E-state index contributed by atoms with van der Waals surface area (Å²) in [6.07, 6.45) is 44.9. The van der Waals surface area contributed by atoms with Crippen molar-refractivity contribution in [3.8, 4) is 0 Å². The molecule has 1 aliphatic heterocycles. The van der Waals surface area contributed by atoms with Crippen molar-refractivity contribution in [1.29, 1.82) is 0 Å². The molecule has 0 bridgehead atoms. The van der Waals surface area contributed by atoms with Crippen LogP contribution in [0.5, 0.6) is 0 Å². The van der Waals surface area contributed by atoms with Crippen LogP contribution in [-0.2, 0) is 42.9 Å². The van der Waals surface area contributed by atoms with Gasteiger partial charge in [0.05, 0.1) is 6.61 Å². The Morgan fingerprint density at radius 2 is 0.901 bits per heavy atom. The van der Waals surface area contributed by atoms with Gasteiger partial charge in [0.1, 0.15) is 18.8 Å². The Bertz CT molecular complexity index is 1470. The summed E-state index contributed by atoms with van der Waals surface area (Å²) in [6.45, 7) is 5.80. The standard InChI is InChI=1S/C59H100O12/c1-4-7-10-13-16-19-22-24-25-26-27-29-31-33-36-39-42-45-51(60)67-48-50(69-52(61)46-43-40-37-34-30-21-18-15-12-9-6-3)49-68-59-57(55(64)54(63)56(71-59)58(65)66)70-53(62)47-44-41-38-35-32-28-23-20-17-14-11-8-5-2/h8,11,15,17-18,20,24-25,28,32,50,54-57,59,63-64H,4-7,9-10,12-14,16,19,21-23,26-27,29-31,33-49H2,1-3H3,(H,65,66)/b11-8-,18-15-,20-17-,25-24-,32-28-. The summed E-state index contributed by atoms with van der Waals surface area (Å²) in [6, 6.07) is 0. The Morgan fingerprint density at radius 3 is 1.42 bits per heavy atom. The lowest BCUT2D eigenvalue weighted by atomic mass is 9.98. The third-order valence-electron chi connectivity index (χ3n) is 12.5. The fourth-order valence-corrected chi connectivity index (χ4v) is 8.18. The zero-order chi connectivity index (χ0) is 51.8. The first kappa shape index (κ1) is 65.4. The Morgan fingerprint density at radius 1 is 0.479 bits per heavy atom. The predicted molar refractivity (Wildman–Crippen MR) is 285 cm³/mol. The summed E-state index contributed by atoms with van der Waals surface area (Å²) in [5, 5.41) is 31.4. The van der Waals surface area contributed by atoms with Crippen molar-refractivity contribution in [2.24, 2.45) is 0 Å². The molecule has 1 saturated heterocycles. The van der Waals surface area contributed by atoms with E-state index >= 15 is 0 Å². The number of carbonyl (C=O) groups is 4. The Kier molecular flexibility index (Phi) is 43.7. The van der Waals surface area contributed by atoms with Gasteiger partial charge in [-0.25, -0.2) is 4.79 Å². The number of unbranched alkanes of at least 4 members (excludes halogenated alkanes) is 23. The quantitative estimate of drug-likeness (QED) is 0.0228. The van der Waals surface area contributed by atoms with Gasteiger partial charge in [0.15, 0.2) is 24.6 Å². The van der Waals surface area contributed by atoms with Crippen LogP contribution in [0.3, 0.4) is 0 Å². The molecule has 0 spiro atoms. The first-order valence-corrected chi connectivity index (χ1v) is 28.3. The van der Waals surface area contributed by atoms with E-state index in [-0.39, 0.29) is 25.9 Å². The van der Waals surface area contributed by atoms with Crippen molar-refractivity contribution < 1.29 is 58.2 Å². The van der Waals surface area contributed by atoms with E-state index in [2.05, 4.69) is 81.5 Å². The van der Waals surface area contributed by atoms with Crippen LogP contribution in [0.1, 0.15) is 239 Å². The number of esters is 3. The molecule has 1 aliphatic rings. The van der Waals surface area contributed by atoms with Gasteiger partial charge in [0.25, 0.3) is 0 Å². The van der Waals surface area contributed by atoms with Crippen LogP contribution in [0, 0.1) is 0 Å². The van der Waals surface area contributed by atoms with E-state index < -0.39 is 67.3 Å². The van der Waals surface area contributed by atoms with Gasteiger partial charge in [0.2, 0.25) is 0 Å². The number of carboxylic acid groups (broad SMARTS) is 1. The predicted octanol–water partition coefficient (Wildman–Crippen LogP) is 14.0. The Balaban J connectivity index is 2.70. The van der Waals surface area contributed by atoms with Gasteiger partial charge in [0, 0.05) is 19.3 Å². The van der Waals surface area contributed by atoms with E-state index in [4.69, 9.17) is 23.7 Å². The monoisotopic (exact) mass is 1000 g/mol. The first-order valence-electron chi connectivity index (χ1n) is 28.3. The minimum atomic E-state index is -1.91. The van der Waals surface area contributed by atoms with Gasteiger partial charge in [-0.05, 0) is 96.3 Å². The molecule has 3 N–H and O–H groups in total. The van der Waals surface area contributed by atoms with E-state index in [9.17, 15) is 34.5 Å². The van der Waals surface area contributed by atoms with Crippen molar-refractivity contribution in [2.45, 2.75) is 276 Å². The van der Waals surface area contributed by atoms with E-state index in [1.54, 1.807) is 0 Å². The van der Waals surface area contributed by atoms with Gasteiger partial charge in [-0.15, -0.1) is 0 Å². The molecule has 0 aromatic rings. The molecule has 1 heterocycles. The molecule has 0 radical (unpaired) electrons. The largest absolute Gasteiger partial charge is 0.479 e. The van der Waals surface area contributed by atoms with E-state index in [1.807, 2.05) is 0 Å². The number of allylic oxidation sites excluding steroid dienone is 10. The molecule has 12 nitrogen and oxygen atoms in total. The van der Waals surface area contributed by atoms with Crippen LogP contribution in [0.15, 0.2) is 60.8 Å². The van der Waals surface area contributed by atoms with Crippen molar-refractivity contribution in [3.63, 3.8) is 0 Å². The second kappa shape index (κ2) is 47.4. The maximum atomic E-state index is 13.1. The SMILES string of the molecule is CC/C=C\C/C=C\C/C=C\CCCCCC(=O)OC1C(OCC(COC(=O)CCCCCCCCC/C=C\CCCCCCCC)OC(=O)CCCCCCC/C=C\CCCC)OC(C(=O)O)C(O)C1O. The lowest BCUT2D eigenvalue weighted by Gasteiger charge is -2.40. The summed E-state index contributed by atoms with van der Waals surface area (Å²) < 4.78 is 28.3. The second-order valence-electron chi connectivity index (χ2n) is 19.2. The van der Waals surface area contributed by atoms with Crippen LogP contribution in [0.4, 0.5) is 0 Å². The molecule has 12 heteroatoms. The topological polar surface area (TPSA) is 175 Å².